The zero-order valence-corrected chi connectivity index (χ0v) is 17.4. The highest BCUT2D eigenvalue weighted by Crippen LogP contribution is 2.34. The highest BCUT2D eigenvalue weighted by molar-refractivity contribution is 6.02. The zero-order chi connectivity index (χ0) is 23.4. The van der Waals surface area contributed by atoms with E-state index in [1.54, 1.807) is 24.3 Å². The monoisotopic (exact) mass is 456 g/mol. The van der Waals surface area contributed by atoms with E-state index in [0.29, 0.717) is 37.4 Å². The van der Waals surface area contributed by atoms with Gasteiger partial charge in [0, 0.05) is 18.8 Å². The van der Waals surface area contributed by atoms with Crippen molar-refractivity contribution in [1.82, 2.24) is 10.2 Å². The molecule has 0 radical (unpaired) electrons. The molecule has 33 heavy (non-hydrogen) atoms. The van der Waals surface area contributed by atoms with Crippen LogP contribution >= 0.6 is 0 Å². The van der Waals surface area contributed by atoms with Gasteiger partial charge in [0.25, 0.3) is 5.91 Å². The van der Waals surface area contributed by atoms with Crippen molar-refractivity contribution in [2.45, 2.75) is 19.0 Å². The Morgan fingerprint density at radius 2 is 1.70 bits per heavy atom. The molecule has 3 aromatic rings. The van der Waals surface area contributed by atoms with Gasteiger partial charge in [0.05, 0.1) is 5.56 Å². The minimum absolute atomic E-state index is 0.167. The summed E-state index contributed by atoms with van der Waals surface area (Å²) in [5, 5.41) is 10.9. The smallest absolute Gasteiger partial charge is 0.354 e. The van der Waals surface area contributed by atoms with Gasteiger partial charge in [-0.15, -0.1) is 10.2 Å². The molecule has 0 saturated carbocycles. The zero-order valence-electron chi connectivity index (χ0n) is 17.4. The summed E-state index contributed by atoms with van der Waals surface area (Å²) in [5.41, 5.74) is 0.601. The first kappa shape index (κ1) is 22.4. The average Bonchev–Trinajstić information content (AvgIpc) is 2.80. The molecule has 1 amide bonds. The number of anilines is 2. The highest BCUT2D eigenvalue weighted by Gasteiger charge is 2.33. The number of alkyl halides is 3. The predicted octanol–water partition coefficient (Wildman–Crippen LogP) is 5.57. The van der Waals surface area contributed by atoms with Gasteiger partial charge >= 0.3 is 6.18 Å². The molecule has 1 N–H and O–H groups in total. The number of halogens is 4. The van der Waals surface area contributed by atoms with Crippen LogP contribution in [-0.2, 0) is 6.18 Å². The first-order valence-electron chi connectivity index (χ1n) is 10.3. The highest BCUT2D eigenvalue weighted by atomic mass is 19.4. The summed E-state index contributed by atoms with van der Waals surface area (Å²) in [5.74, 6) is -0.509. The molecular weight excluding hydrogens is 436 g/mol. The molecule has 9 heteroatoms. The van der Waals surface area contributed by atoms with Crippen molar-refractivity contribution >= 4 is 23.5 Å². The minimum atomic E-state index is -4.55. The van der Waals surface area contributed by atoms with Crippen molar-refractivity contribution in [3.05, 3.63) is 88.9 Å². The van der Waals surface area contributed by atoms with Crippen LogP contribution < -0.4 is 10.2 Å². The van der Waals surface area contributed by atoms with Gasteiger partial charge in [-0.05, 0) is 60.9 Å². The van der Waals surface area contributed by atoms with E-state index >= 15 is 0 Å². The number of hydrogen-bond donors (Lipinski definition) is 1. The van der Waals surface area contributed by atoms with E-state index in [0.717, 1.165) is 23.8 Å². The van der Waals surface area contributed by atoms with E-state index < -0.39 is 17.6 Å². The number of amides is 1. The topological polar surface area (TPSA) is 58.1 Å². The summed E-state index contributed by atoms with van der Waals surface area (Å²) >= 11 is 0. The van der Waals surface area contributed by atoms with Crippen LogP contribution in [-0.4, -0.2) is 29.2 Å². The largest absolute Gasteiger partial charge is 0.416 e. The molecule has 1 fully saturated rings. The van der Waals surface area contributed by atoms with Gasteiger partial charge in [0.15, 0.2) is 11.5 Å². The number of nitrogens with one attached hydrogen (secondary N) is 1. The first-order valence-corrected chi connectivity index (χ1v) is 10.3. The Morgan fingerprint density at radius 3 is 2.33 bits per heavy atom. The Bertz CT molecular complexity index is 1150. The van der Waals surface area contributed by atoms with Crippen LogP contribution in [0.15, 0.2) is 66.2 Å². The van der Waals surface area contributed by atoms with Crippen molar-refractivity contribution in [2.24, 2.45) is 0 Å². The number of carbonyl (C=O) groups is 1. The molecule has 0 spiro atoms. The fraction of sp³-hybridized carbons (Fsp3) is 0.208. The van der Waals surface area contributed by atoms with E-state index in [-0.39, 0.29) is 17.2 Å². The Hall–Kier alpha value is -3.75. The van der Waals surface area contributed by atoms with Crippen molar-refractivity contribution in [1.29, 1.82) is 0 Å². The van der Waals surface area contributed by atoms with Crippen molar-refractivity contribution in [2.75, 3.05) is 23.3 Å². The Balaban J connectivity index is 1.40. The van der Waals surface area contributed by atoms with Crippen LogP contribution in [0, 0.1) is 5.82 Å². The molecule has 0 atom stereocenters. The molecule has 0 bridgehead atoms. The Labute approximate surface area is 187 Å². The predicted molar refractivity (Wildman–Crippen MR) is 117 cm³/mol. The summed E-state index contributed by atoms with van der Waals surface area (Å²) in [4.78, 5) is 14.2. The molecule has 4 rings (SSSR count). The number of nitrogens with zero attached hydrogens (tertiary/aromatic N) is 3. The molecule has 2 aromatic carbocycles. The lowest BCUT2D eigenvalue weighted by molar-refractivity contribution is -0.137. The second kappa shape index (κ2) is 9.40. The lowest BCUT2D eigenvalue weighted by Gasteiger charge is -2.29. The standard InChI is InChI=1S/C24H20F4N4O/c25-18-6-7-20(24(26,27)28)17(15-18)14-16-10-12-32(13-11-16)22-9-8-21(30-31-22)23(33)29-19-4-2-1-3-5-19/h1-9,14-15H,10-13H2,(H,29,33). The Kier molecular flexibility index (Phi) is 6.39. The summed E-state index contributed by atoms with van der Waals surface area (Å²) in [6.07, 6.45) is -2.12. The van der Waals surface area contributed by atoms with Crippen LogP contribution in [0.4, 0.5) is 29.1 Å². The summed E-state index contributed by atoms with van der Waals surface area (Å²) in [6, 6.07) is 14.7. The Morgan fingerprint density at radius 1 is 0.970 bits per heavy atom. The van der Waals surface area contributed by atoms with Crippen LogP contribution in [0.3, 0.4) is 0 Å². The van der Waals surface area contributed by atoms with Gasteiger partial charge in [-0.1, -0.05) is 29.8 Å². The number of piperidine rings is 1. The average molecular weight is 456 g/mol. The second-order valence-corrected chi connectivity index (χ2v) is 7.62. The van der Waals surface area contributed by atoms with Crippen LogP contribution in [0.1, 0.15) is 34.5 Å². The maximum atomic E-state index is 13.5. The number of hydrogen-bond acceptors (Lipinski definition) is 4. The molecule has 0 aliphatic carbocycles. The molecule has 1 aliphatic heterocycles. The molecule has 1 aliphatic rings. The van der Waals surface area contributed by atoms with Crippen LogP contribution in [0.25, 0.3) is 6.08 Å². The number of para-hydroxylation sites is 1. The van der Waals surface area contributed by atoms with Gasteiger partial charge in [0.2, 0.25) is 0 Å². The first-order chi connectivity index (χ1) is 15.8. The van der Waals surface area contributed by atoms with Gasteiger partial charge in [-0.3, -0.25) is 4.79 Å². The van der Waals surface area contributed by atoms with Gasteiger partial charge < -0.3 is 10.2 Å². The number of benzene rings is 2. The third kappa shape index (κ3) is 5.54. The van der Waals surface area contributed by atoms with E-state index in [1.807, 2.05) is 23.1 Å². The van der Waals surface area contributed by atoms with E-state index in [1.165, 1.54) is 6.08 Å². The molecular formula is C24H20F4N4O. The molecule has 5 nitrogen and oxygen atoms in total. The summed E-state index contributed by atoms with van der Waals surface area (Å²) in [6.45, 7) is 1.04. The molecule has 1 saturated heterocycles. The molecule has 1 aromatic heterocycles. The third-order valence-electron chi connectivity index (χ3n) is 5.32. The summed E-state index contributed by atoms with van der Waals surface area (Å²) < 4.78 is 53.2. The quantitative estimate of drug-likeness (QED) is 0.522. The fourth-order valence-corrected chi connectivity index (χ4v) is 3.63. The van der Waals surface area contributed by atoms with E-state index in [4.69, 9.17) is 0 Å². The lowest BCUT2D eigenvalue weighted by Crippen LogP contribution is -2.31. The molecule has 170 valence electrons. The fourth-order valence-electron chi connectivity index (χ4n) is 3.63. The van der Waals surface area contributed by atoms with Gasteiger partial charge in [0.1, 0.15) is 5.82 Å². The van der Waals surface area contributed by atoms with E-state index in [2.05, 4.69) is 15.5 Å². The second-order valence-electron chi connectivity index (χ2n) is 7.62. The van der Waals surface area contributed by atoms with Crippen molar-refractivity contribution in [3.63, 3.8) is 0 Å². The van der Waals surface area contributed by atoms with Gasteiger partial charge in [-0.2, -0.15) is 13.2 Å². The third-order valence-corrected chi connectivity index (χ3v) is 5.32. The summed E-state index contributed by atoms with van der Waals surface area (Å²) in [7, 11) is 0. The minimum Gasteiger partial charge on any atom is -0.354 e. The van der Waals surface area contributed by atoms with Crippen LogP contribution in [0.5, 0.6) is 0 Å². The molecule has 2 heterocycles. The number of aromatic nitrogens is 2. The van der Waals surface area contributed by atoms with Crippen molar-refractivity contribution in [3.8, 4) is 0 Å². The normalized spacial score (nSPS) is 14.2. The maximum Gasteiger partial charge on any atom is 0.416 e. The van der Waals surface area contributed by atoms with Crippen LogP contribution in [0.2, 0.25) is 0 Å². The lowest BCUT2D eigenvalue weighted by atomic mass is 9.98. The van der Waals surface area contributed by atoms with Crippen molar-refractivity contribution < 1.29 is 22.4 Å². The maximum absolute atomic E-state index is 13.5. The molecule has 0 unspecified atom stereocenters. The number of rotatable bonds is 4. The number of carbonyl (C=O) groups excluding carboxylic acids is 1. The van der Waals surface area contributed by atoms with Gasteiger partial charge in [-0.25, -0.2) is 4.39 Å². The SMILES string of the molecule is O=C(Nc1ccccc1)c1ccc(N2CCC(=Cc3cc(F)ccc3C(F)(F)F)CC2)nn1. The van der Waals surface area contributed by atoms with E-state index in [9.17, 15) is 22.4 Å².